The molecule has 2 amide bonds. The second kappa shape index (κ2) is 8.13. The van der Waals surface area contributed by atoms with Gasteiger partial charge < -0.3 is 10.1 Å². The molecule has 0 saturated heterocycles. The van der Waals surface area contributed by atoms with Gasteiger partial charge in [-0.3, -0.25) is 30.6 Å². The zero-order valence-corrected chi connectivity index (χ0v) is 15.6. The van der Waals surface area contributed by atoms with E-state index >= 15 is 0 Å². The van der Waals surface area contributed by atoms with Gasteiger partial charge in [0.15, 0.2) is 0 Å². The fourth-order valence-electron chi connectivity index (χ4n) is 2.50. The average molecular weight is 405 g/mol. The molecule has 1 aliphatic carbocycles. The number of benzene rings is 2. The first kappa shape index (κ1) is 19.4. The third-order valence-corrected chi connectivity index (χ3v) is 4.32. The quantitative estimate of drug-likeness (QED) is 0.502. The van der Waals surface area contributed by atoms with E-state index < -0.39 is 16.7 Å². The van der Waals surface area contributed by atoms with Gasteiger partial charge in [0.05, 0.1) is 17.6 Å². The maximum Gasteiger partial charge on any atom is 0.293 e. The fourth-order valence-corrected chi connectivity index (χ4v) is 2.68. The monoisotopic (exact) mass is 404 g/mol. The van der Waals surface area contributed by atoms with Crippen molar-refractivity contribution >= 4 is 34.8 Å². The highest BCUT2D eigenvalue weighted by molar-refractivity contribution is 6.31. The van der Waals surface area contributed by atoms with Crippen molar-refractivity contribution in [3.05, 3.63) is 62.7 Å². The van der Waals surface area contributed by atoms with Gasteiger partial charge in [0, 0.05) is 22.7 Å². The van der Waals surface area contributed by atoms with Gasteiger partial charge >= 0.3 is 0 Å². The van der Waals surface area contributed by atoms with Crippen molar-refractivity contribution in [2.75, 3.05) is 12.4 Å². The highest BCUT2D eigenvalue weighted by Gasteiger charge is 2.25. The van der Waals surface area contributed by atoms with Gasteiger partial charge in [-0.25, -0.2) is 0 Å². The Balaban J connectivity index is 1.71. The van der Waals surface area contributed by atoms with E-state index in [0.29, 0.717) is 10.7 Å². The molecule has 1 aliphatic rings. The van der Waals surface area contributed by atoms with E-state index in [4.69, 9.17) is 16.3 Å². The van der Waals surface area contributed by atoms with Crippen LogP contribution in [0.4, 0.5) is 11.4 Å². The Morgan fingerprint density at radius 2 is 1.86 bits per heavy atom. The van der Waals surface area contributed by atoms with Crippen molar-refractivity contribution in [3.8, 4) is 5.75 Å². The SMILES string of the molecule is COc1ccc(Cl)cc1C(=O)NNC(=O)c1ccc(NC2CC2)c([N+](=O)[O-])c1. The molecule has 10 heteroatoms. The summed E-state index contributed by atoms with van der Waals surface area (Å²) in [6.45, 7) is 0. The van der Waals surface area contributed by atoms with Crippen LogP contribution in [0.25, 0.3) is 0 Å². The normalized spacial score (nSPS) is 12.8. The van der Waals surface area contributed by atoms with E-state index in [9.17, 15) is 19.7 Å². The van der Waals surface area contributed by atoms with Gasteiger partial charge in [0.2, 0.25) is 0 Å². The lowest BCUT2D eigenvalue weighted by molar-refractivity contribution is -0.384. The Hall–Kier alpha value is -3.33. The summed E-state index contributed by atoms with van der Waals surface area (Å²) in [5.41, 5.74) is 4.78. The van der Waals surface area contributed by atoms with Crippen LogP contribution >= 0.6 is 11.6 Å². The predicted molar refractivity (Wildman–Crippen MR) is 103 cm³/mol. The maximum absolute atomic E-state index is 12.3. The van der Waals surface area contributed by atoms with E-state index in [-0.39, 0.29) is 28.6 Å². The first-order valence-electron chi connectivity index (χ1n) is 8.38. The van der Waals surface area contributed by atoms with Crippen molar-refractivity contribution in [1.82, 2.24) is 10.9 Å². The van der Waals surface area contributed by atoms with E-state index in [0.717, 1.165) is 18.9 Å². The molecule has 0 heterocycles. The highest BCUT2D eigenvalue weighted by Crippen LogP contribution is 2.31. The number of nitro benzene ring substituents is 1. The minimum absolute atomic E-state index is 0.0337. The van der Waals surface area contributed by atoms with Crippen molar-refractivity contribution in [2.45, 2.75) is 18.9 Å². The zero-order chi connectivity index (χ0) is 20.3. The van der Waals surface area contributed by atoms with Crippen LogP contribution < -0.4 is 20.9 Å². The first-order chi connectivity index (χ1) is 13.4. The molecule has 3 N–H and O–H groups in total. The molecule has 9 nitrogen and oxygen atoms in total. The van der Waals surface area contributed by atoms with Crippen LogP contribution in [0.5, 0.6) is 5.75 Å². The minimum atomic E-state index is -0.699. The third-order valence-electron chi connectivity index (χ3n) is 4.09. The molecule has 2 aromatic rings. The van der Waals surface area contributed by atoms with Crippen molar-refractivity contribution in [1.29, 1.82) is 0 Å². The van der Waals surface area contributed by atoms with Crippen LogP contribution in [0.3, 0.4) is 0 Å². The number of nitrogens with zero attached hydrogens (tertiary/aromatic N) is 1. The number of amides is 2. The Labute approximate surface area is 165 Å². The number of halogens is 1. The first-order valence-corrected chi connectivity index (χ1v) is 8.76. The number of anilines is 1. The van der Waals surface area contributed by atoms with Gasteiger partial charge in [-0.2, -0.15) is 0 Å². The average Bonchev–Trinajstić information content (AvgIpc) is 3.49. The second-order valence-corrected chi connectivity index (χ2v) is 6.60. The lowest BCUT2D eigenvalue weighted by Crippen LogP contribution is -2.41. The maximum atomic E-state index is 12.3. The van der Waals surface area contributed by atoms with Crippen LogP contribution in [-0.4, -0.2) is 29.9 Å². The summed E-state index contributed by atoms with van der Waals surface area (Å²) in [6, 6.07) is 8.79. The highest BCUT2D eigenvalue weighted by atomic mass is 35.5. The molecule has 28 heavy (non-hydrogen) atoms. The molecular weight excluding hydrogens is 388 g/mol. The molecule has 1 fully saturated rings. The number of methoxy groups -OCH3 is 1. The molecule has 0 aliphatic heterocycles. The summed E-state index contributed by atoms with van der Waals surface area (Å²) >= 11 is 5.89. The Morgan fingerprint density at radius 1 is 1.14 bits per heavy atom. The number of nitrogens with one attached hydrogen (secondary N) is 3. The minimum Gasteiger partial charge on any atom is -0.496 e. The summed E-state index contributed by atoms with van der Waals surface area (Å²) in [5.74, 6) is -1.06. The Kier molecular flexibility index (Phi) is 5.65. The molecule has 146 valence electrons. The summed E-state index contributed by atoms with van der Waals surface area (Å²) in [4.78, 5) is 35.3. The largest absolute Gasteiger partial charge is 0.496 e. The number of hydrazine groups is 1. The zero-order valence-electron chi connectivity index (χ0n) is 14.8. The van der Waals surface area contributed by atoms with E-state index in [2.05, 4.69) is 16.2 Å². The summed E-state index contributed by atoms with van der Waals surface area (Å²) < 4.78 is 5.09. The molecule has 0 aromatic heterocycles. The second-order valence-electron chi connectivity index (χ2n) is 6.16. The molecule has 0 radical (unpaired) electrons. The molecule has 2 aromatic carbocycles. The number of hydrogen-bond donors (Lipinski definition) is 3. The van der Waals surface area contributed by atoms with E-state index in [1.165, 1.54) is 31.4 Å². The number of hydrogen-bond acceptors (Lipinski definition) is 6. The van der Waals surface area contributed by atoms with E-state index in [1.54, 1.807) is 6.07 Å². The summed E-state index contributed by atoms with van der Waals surface area (Å²) in [5, 5.41) is 14.7. The molecule has 0 bridgehead atoms. The predicted octanol–water partition coefficient (Wildman–Crippen LogP) is 2.91. The van der Waals surface area contributed by atoms with Crippen LogP contribution in [-0.2, 0) is 0 Å². The number of ether oxygens (including phenoxy) is 1. The van der Waals surface area contributed by atoms with Crippen LogP contribution in [0.2, 0.25) is 5.02 Å². The Morgan fingerprint density at radius 3 is 2.50 bits per heavy atom. The van der Waals surface area contributed by atoms with Gasteiger partial charge in [-0.1, -0.05) is 11.6 Å². The van der Waals surface area contributed by atoms with Crippen molar-refractivity contribution < 1.29 is 19.2 Å². The number of carbonyl (C=O) groups excluding carboxylic acids is 2. The number of carbonyl (C=O) groups is 2. The lowest BCUT2D eigenvalue weighted by atomic mass is 10.1. The lowest BCUT2D eigenvalue weighted by Gasteiger charge is -2.11. The molecule has 1 saturated carbocycles. The van der Waals surface area contributed by atoms with Crippen LogP contribution in [0.15, 0.2) is 36.4 Å². The smallest absolute Gasteiger partial charge is 0.293 e. The topological polar surface area (TPSA) is 123 Å². The van der Waals surface area contributed by atoms with Crippen LogP contribution in [0.1, 0.15) is 33.6 Å². The molecule has 0 spiro atoms. The van der Waals surface area contributed by atoms with Crippen molar-refractivity contribution in [2.24, 2.45) is 0 Å². The number of nitro groups is 1. The number of rotatable bonds is 6. The Bertz CT molecular complexity index is 946. The summed E-state index contributed by atoms with van der Waals surface area (Å²) in [6.07, 6.45) is 1.91. The fraction of sp³-hybridized carbons (Fsp3) is 0.222. The van der Waals surface area contributed by atoms with Gasteiger partial charge in [0.1, 0.15) is 11.4 Å². The van der Waals surface area contributed by atoms with Gasteiger partial charge in [-0.15, -0.1) is 0 Å². The molecule has 3 rings (SSSR count). The molecule has 0 atom stereocenters. The standard InChI is InChI=1S/C18H17ClN4O5/c1-28-16-7-3-11(19)9-13(16)18(25)22-21-17(24)10-2-6-14(20-12-4-5-12)15(8-10)23(26)27/h2-3,6-9,12,20H,4-5H2,1H3,(H,21,24)(H,22,25). The van der Waals surface area contributed by atoms with E-state index in [1.807, 2.05) is 0 Å². The van der Waals surface area contributed by atoms with Gasteiger partial charge in [-0.05, 0) is 43.2 Å². The van der Waals surface area contributed by atoms with Crippen molar-refractivity contribution in [3.63, 3.8) is 0 Å². The molecular formula is C18H17ClN4O5. The third kappa shape index (κ3) is 4.49. The summed E-state index contributed by atoms with van der Waals surface area (Å²) in [7, 11) is 1.40. The van der Waals surface area contributed by atoms with Crippen LogP contribution in [0, 0.1) is 10.1 Å². The van der Waals surface area contributed by atoms with Gasteiger partial charge in [0.25, 0.3) is 17.5 Å². The molecule has 0 unspecified atom stereocenters.